The molecule has 14 heteroatoms. The van der Waals surface area contributed by atoms with Gasteiger partial charge in [0.15, 0.2) is 23.8 Å². The Hall–Kier alpha value is -5.14. The lowest BCUT2D eigenvalue weighted by Crippen LogP contribution is -2.21. The summed E-state index contributed by atoms with van der Waals surface area (Å²) >= 11 is 0. The number of hydrogen-bond acceptors (Lipinski definition) is 11. The lowest BCUT2D eigenvalue weighted by molar-refractivity contribution is -0.396. The molecule has 14 nitrogen and oxygen atoms in total. The van der Waals surface area contributed by atoms with E-state index in [2.05, 4.69) is 10.1 Å². The first-order chi connectivity index (χ1) is 18.2. The van der Waals surface area contributed by atoms with E-state index in [4.69, 9.17) is 23.7 Å². The zero-order valence-electron chi connectivity index (χ0n) is 21.1. The van der Waals surface area contributed by atoms with E-state index in [9.17, 15) is 19.7 Å². The van der Waals surface area contributed by atoms with Crippen LogP contribution in [0.15, 0.2) is 36.5 Å². The van der Waals surface area contributed by atoms with Gasteiger partial charge in [0.2, 0.25) is 11.5 Å². The Bertz CT molecular complexity index is 1530. The predicted molar refractivity (Wildman–Crippen MR) is 131 cm³/mol. The van der Waals surface area contributed by atoms with Crippen molar-refractivity contribution in [1.82, 2.24) is 19.3 Å². The molecule has 0 aliphatic rings. The molecule has 0 atom stereocenters. The van der Waals surface area contributed by atoms with E-state index in [-0.39, 0.29) is 35.1 Å². The number of ether oxygens (including phenoxy) is 5. The summed E-state index contributed by atoms with van der Waals surface area (Å²) in [6, 6.07) is 7.70. The molecule has 0 N–H and O–H groups in total. The molecule has 2 aromatic carbocycles. The summed E-state index contributed by atoms with van der Waals surface area (Å²) in [6.45, 7) is -0.354. The maximum atomic E-state index is 13.8. The first-order valence-corrected chi connectivity index (χ1v) is 11.0. The highest BCUT2D eigenvalue weighted by atomic mass is 16.6. The topological polar surface area (TPSA) is 159 Å². The Morgan fingerprint density at radius 3 is 2.24 bits per heavy atom. The monoisotopic (exact) mass is 525 g/mol. The van der Waals surface area contributed by atoms with Crippen molar-refractivity contribution in [2.75, 3.05) is 28.4 Å². The maximum Gasteiger partial charge on any atom is 0.435 e. The summed E-state index contributed by atoms with van der Waals surface area (Å²) < 4.78 is 28.6. The van der Waals surface area contributed by atoms with Gasteiger partial charge in [-0.2, -0.15) is 9.78 Å². The van der Waals surface area contributed by atoms with E-state index in [0.717, 1.165) is 4.68 Å². The second kappa shape index (κ2) is 10.5. The smallest absolute Gasteiger partial charge is 0.435 e. The molecule has 4 rings (SSSR count). The minimum Gasteiger partial charge on any atom is -0.497 e. The zero-order chi connectivity index (χ0) is 27.6. The van der Waals surface area contributed by atoms with Crippen LogP contribution in [0.5, 0.6) is 23.0 Å². The number of hydrogen-bond donors (Lipinski definition) is 0. The van der Waals surface area contributed by atoms with Crippen molar-refractivity contribution in [3.63, 3.8) is 0 Å². The van der Waals surface area contributed by atoms with E-state index >= 15 is 0 Å². The van der Waals surface area contributed by atoms with Gasteiger partial charge >= 0.3 is 12.0 Å². The van der Waals surface area contributed by atoms with Crippen LogP contribution in [0, 0.1) is 10.1 Å². The SMILES string of the molecule is COc1ccc2c(C(=O)c3cc(OC)c(OC)c(OC)c3)n(C(=O)OCc3cnc([N+](=O)[O-])n3C)nc2c1. The molecular weight excluding hydrogens is 502 g/mol. The average molecular weight is 525 g/mol. The quantitative estimate of drug-likeness (QED) is 0.179. The van der Waals surface area contributed by atoms with Crippen LogP contribution in [0.1, 0.15) is 21.7 Å². The molecule has 0 unspecified atom stereocenters. The highest BCUT2D eigenvalue weighted by molar-refractivity contribution is 6.17. The molecule has 0 saturated heterocycles. The van der Waals surface area contributed by atoms with Crippen molar-refractivity contribution >= 4 is 28.7 Å². The number of carbonyl (C=O) groups excluding carboxylic acids is 2. The van der Waals surface area contributed by atoms with Gasteiger partial charge in [0.05, 0.1) is 41.0 Å². The van der Waals surface area contributed by atoms with Gasteiger partial charge in [0.25, 0.3) is 0 Å². The van der Waals surface area contributed by atoms with E-state index < -0.39 is 22.7 Å². The van der Waals surface area contributed by atoms with Gasteiger partial charge in [-0.25, -0.2) is 9.36 Å². The lowest BCUT2D eigenvalue weighted by atomic mass is 10.0. The molecule has 0 amide bonds. The molecule has 2 aromatic heterocycles. The Labute approximate surface area is 215 Å². The Morgan fingerprint density at radius 2 is 1.68 bits per heavy atom. The standard InChI is InChI=1S/C24H23N5O9/c1-27-14(11-25-23(27)29(32)33)12-38-24(31)28-20(16-7-6-15(34-2)10-17(16)26-28)21(30)13-8-18(35-3)22(37-5)19(9-13)36-4/h6-11H,12H2,1-5H3. The summed E-state index contributed by atoms with van der Waals surface area (Å²) in [7, 11) is 7.16. The predicted octanol–water partition coefficient (Wildman–Crippen LogP) is 3.13. The minimum absolute atomic E-state index is 0.0853. The van der Waals surface area contributed by atoms with Crippen LogP contribution in [0.3, 0.4) is 0 Å². The molecule has 0 radical (unpaired) electrons. The second-order valence-corrected chi connectivity index (χ2v) is 7.81. The number of carbonyl (C=O) groups is 2. The normalized spacial score (nSPS) is 10.8. The van der Waals surface area contributed by atoms with Gasteiger partial charge in [-0.15, -0.1) is 0 Å². The number of nitrogens with zero attached hydrogens (tertiary/aromatic N) is 5. The first-order valence-electron chi connectivity index (χ1n) is 11.0. The number of ketones is 1. The number of rotatable bonds is 9. The number of aromatic nitrogens is 4. The third kappa shape index (κ3) is 4.54. The highest BCUT2D eigenvalue weighted by Crippen LogP contribution is 2.39. The molecule has 0 bridgehead atoms. The zero-order valence-corrected chi connectivity index (χ0v) is 21.1. The molecule has 2 heterocycles. The van der Waals surface area contributed by atoms with Crippen LogP contribution in [-0.4, -0.2) is 64.6 Å². The number of benzene rings is 2. The lowest BCUT2D eigenvalue weighted by Gasteiger charge is -2.14. The van der Waals surface area contributed by atoms with Crippen LogP contribution in [-0.2, 0) is 18.4 Å². The number of methoxy groups -OCH3 is 4. The molecule has 38 heavy (non-hydrogen) atoms. The Balaban J connectivity index is 1.78. The maximum absolute atomic E-state index is 13.8. The van der Waals surface area contributed by atoms with Crippen molar-refractivity contribution in [3.05, 3.63) is 63.6 Å². The van der Waals surface area contributed by atoms with Gasteiger partial charge < -0.3 is 33.8 Å². The number of imidazole rings is 1. The van der Waals surface area contributed by atoms with Gasteiger partial charge in [0, 0.05) is 17.0 Å². The molecule has 4 aromatic rings. The number of fused-ring (bicyclic) bond motifs is 1. The van der Waals surface area contributed by atoms with Crippen molar-refractivity contribution < 1.29 is 38.2 Å². The summed E-state index contributed by atoms with van der Waals surface area (Å²) in [5, 5.41) is 15.7. The van der Waals surface area contributed by atoms with Crippen LogP contribution in [0.25, 0.3) is 10.9 Å². The average Bonchev–Trinajstić information content (AvgIpc) is 3.50. The van der Waals surface area contributed by atoms with Gasteiger partial charge in [-0.05, 0) is 29.2 Å². The van der Waals surface area contributed by atoms with Crippen molar-refractivity contribution in [2.24, 2.45) is 7.05 Å². The van der Waals surface area contributed by atoms with Crippen molar-refractivity contribution in [3.8, 4) is 23.0 Å². The molecular formula is C24H23N5O9. The summed E-state index contributed by atoms with van der Waals surface area (Å²) in [5.41, 5.74) is 0.612. The Morgan fingerprint density at radius 1 is 1.00 bits per heavy atom. The van der Waals surface area contributed by atoms with Crippen molar-refractivity contribution in [2.45, 2.75) is 6.61 Å². The first kappa shape index (κ1) is 25.9. The molecule has 0 fully saturated rings. The summed E-state index contributed by atoms with van der Waals surface area (Å²) in [4.78, 5) is 41.1. The second-order valence-electron chi connectivity index (χ2n) is 7.81. The molecule has 0 aliphatic carbocycles. The fourth-order valence-electron chi connectivity index (χ4n) is 3.83. The molecule has 0 spiro atoms. The highest BCUT2D eigenvalue weighted by Gasteiger charge is 2.28. The van der Waals surface area contributed by atoms with E-state index in [1.807, 2.05) is 0 Å². The summed E-state index contributed by atoms with van der Waals surface area (Å²) in [5.74, 6) is 0.250. The Kier molecular flexibility index (Phi) is 7.14. The van der Waals surface area contributed by atoms with E-state index in [1.165, 1.54) is 58.4 Å². The minimum atomic E-state index is -0.986. The summed E-state index contributed by atoms with van der Waals surface area (Å²) in [6.07, 6.45) is 0.234. The van der Waals surface area contributed by atoms with Gasteiger partial charge in [0.1, 0.15) is 17.6 Å². The molecule has 198 valence electrons. The fraction of sp³-hybridized carbons (Fsp3) is 0.250. The van der Waals surface area contributed by atoms with Crippen molar-refractivity contribution in [1.29, 1.82) is 0 Å². The van der Waals surface area contributed by atoms with Gasteiger partial charge in [-0.3, -0.25) is 4.79 Å². The van der Waals surface area contributed by atoms with Crippen LogP contribution < -0.4 is 18.9 Å². The van der Waals surface area contributed by atoms with Crippen LogP contribution >= 0.6 is 0 Å². The van der Waals surface area contributed by atoms with Crippen LogP contribution in [0.2, 0.25) is 0 Å². The molecule has 0 aliphatic heterocycles. The largest absolute Gasteiger partial charge is 0.497 e. The third-order valence-electron chi connectivity index (χ3n) is 5.76. The van der Waals surface area contributed by atoms with E-state index in [0.29, 0.717) is 22.4 Å². The van der Waals surface area contributed by atoms with Gasteiger partial charge in [-0.1, -0.05) is 4.98 Å². The third-order valence-corrected chi connectivity index (χ3v) is 5.76. The number of nitro groups is 1. The van der Waals surface area contributed by atoms with Crippen LogP contribution in [0.4, 0.5) is 10.7 Å². The van der Waals surface area contributed by atoms with E-state index in [1.54, 1.807) is 18.2 Å². The molecule has 0 saturated carbocycles. The fourth-order valence-corrected chi connectivity index (χ4v) is 3.83.